The molecule has 1 heterocycles. The summed E-state index contributed by atoms with van der Waals surface area (Å²) in [7, 11) is 3.33. The minimum Gasteiger partial charge on any atom is -0.354 e. The molecule has 0 radical (unpaired) electrons. The Labute approximate surface area is 108 Å². The highest BCUT2D eigenvalue weighted by Crippen LogP contribution is 2.17. The summed E-state index contributed by atoms with van der Waals surface area (Å²) in [5.41, 5.74) is 0. The SMILES string of the molecule is COC(OC)C(C)NC(C)Cc1ccc(C)s1. The highest BCUT2D eigenvalue weighted by Gasteiger charge is 2.17. The average molecular weight is 257 g/mol. The molecule has 0 aliphatic rings. The van der Waals surface area contributed by atoms with Crippen LogP contribution in [0.5, 0.6) is 0 Å². The smallest absolute Gasteiger partial charge is 0.171 e. The Balaban J connectivity index is 2.41. The van der Waals surface area contributed by atoms with Crippen molar-refractivity contribution in [1.29, 1.82) is 0 Å². The molecule has 2 unspecified atom stereocenters. The second-order valence-electron chi connectivity index (χ2n) is 4.41. The van der Waals surface area contributed by atoms with Gasteiger partial charge in [0.1, 0.15) is 0 Å². The molecule has 0 saturated carbocycles. The lowest BCUT2D eigenvalue weighted by Gasteiger charge is -2.25. The van der Waals surface area contributed by atoms with Crippen LogP contribution in [0.1, 0.15) is 23.6 Å². The van der Waals surface area contributed by atoms with Gasteiger partial charge in [-0.3, -0.25) is 0 Å². The summed E-state index contributed by atoms with van der Waals surface area (Å²) in [6.07, 6.45) is 0.853. The Morgan fingerprint density at radius 2 is 1.88 bits per heavy atom. The molecule has 1 N–H and O–H groups in total. The number of nitrogens with one attached hydrogen (secondary N) is 1. The van der Waals surface area contributed by atoms with Crippen LogP contribution in [0, 0.1) is 6.92 Å². The van der Waals surface area contributed by atoms with Crippen LogP contribution >= 0.6 is 11.3 Å². The van der Waals surface area contributed by atoms with E-state index in [4.69, 9.17) is 9.47 Å². The van der Waals surface area contributed by atoms with Gasteiger partial charge in [0.2, 0.25) is 0 Å². The van der Waals surface area contributed by atoms with E-state index in [1.54, 1.807) is 14.2 Å². The molecule has 17 heavy (non-hydrogen) atoms. The maximum atomic E-state index is 5.23. The van der Waals surface area contributed by atoms with Crippen molar-refractivity contribution in [2.45, 2.75) is 45.6 Å². The van der Waals surface area contributed by atoms with Gasteiger partial charge in [-0.1, -0.05) is 0 Å². The largest absolute Gasteiger partial charge is 0.354 e. The standard InChI is InChI=1S/C13H23NO2S/c1-9(8-12-7-6-10(2)17-12)14-11(3)13(15-4)16-5/h6-7,9,11,13-14H,8H2,1-5H3. The van der Waals surface area contributed by atoms with Crippen LogP contribution < -0.4 is 5.32 Å². The molecule has 0 bridgehead atoms. The van der Waals surface area contributed by atoms with Gasteiger partial charge in [0.25, 0.3) is 0 Å². The van der Waals surface area contributed by atoms with Crippen LogP contribution in [0.3, 0.4) is 0 Å². The maximum absolute atomic E-state index is 5.23. The number of ether oxygens (including phenoxy) is 2. The van der Waals surface area contributed by atoms with Crippen LogP contribution in [0.15, 0.2) is 12.1 Å². The van der Waals surface area contributed by atoms with Crippen molar-refractivity contribution in [2.75, 3.05) is 14.2 Å². The van der Waals surface area contributed by atoms with E-state index >= 15 is 0 Å². The van der Waals surface area contributed by atoms with Crippen molar-refractivity contribution in [2.24, 2.45) is 0 Å². The van der Waals surface area contributed by atoms with Gasteiger partial charge in [0.15, 0.2) is 6.29 Å². The number of rotatable bonds is 7. The third kappa shape index (κ3) is 4.76. The number of thiophene rings is 1. The summed E-state index contributed by atoms with van der Waals surface area (Å²) < 4.78 is 10.5. The van der Waals surface area contributed by atoms with Crippen LogP contribution in [-0.4, -0.2) is 32.6 Å². The molecule has 98 valence electrons. The van der Waals surface area contributed by atoms with E-state index in [0.717, 1.165) is 6.42 Å². The topological polar surface area (TPSA) is 30.5 Å². The van der Waals surface area contributed by atoms with E-state index in [1.807, 2.05) is 11.3 Å². The maximum Gasteiger partial charge on any atom is 0.171 e. The Morgan fingerprint density at radius 3 is 2.35 bits per heavy atom. The van der Waals surface area contributed by atoms with Crippen molar-refractivity contribution < 1.29 is 9.47 Å². The second-order valence-corrected chi connectivity index (χ2v) is 5.79. The fourth-order valence-corrected chi connectivity index (χ4v) is 3.01. The Kier molecular flexibility index (Phi) is 6.12. The van der Waals surface area contributed by atoms with Crippen LogP contribution in [0.25, 0.3) is 0 Å². The summed E-state index contributed by atoms with van der Waals surface area (Å²) >= 11 is 1.86. The molecule has 3 nitrogen and oxygen atoms in total. The summed E-state index contributed by atoms with van der Waals surface area (Å²) in [5.74, 6) is 0. The Bertz CT molecular complexity index is 323. The molecule has 0 aliphatic heterocycles. The summed E-state index contributed by atoms with van der Waals surface area (Å²) in [5, 5.41) is 3.50. The lowest BCUT2D eigenvalue weighted by Crippen LogP contribution is -2.44. The van der Waals surface area contributed by atoms with Gasteiger partial charge in [-0.15, -0.1) is 11.3 Å². The summed E-state index contributed by atoms with van der Waals surface area (Å²) in [6.45, 7) is 6.41. The van der Waals surface area contributed by atoms with Gasteiger partial charge >= 0.3 is 0 Å². The predicted molar refractivity (Wildman–Crippen MR) is 72.6 cm³/mol. The van der Waals surface area contributed by atoms with Crippen LogP contribution in [0.4, 0.5) is 0 Å². The summed E-state index contributed by atoms with van der Waals surface area (Å²) in [6, 6.07) is 4.97. The molecule has 1 aromatic heterocycles. The van der Waals surface area contributed by atoms with Crippen molar-refractivity contribution >= 4 is 11.3 Å². The van der Waals surface area contributed by atoms with Crippen molar-refractivity contribution in [3.8, 4) is 0 Å². The van der Waals surface area contributed by atoms with Gasteiger partial charge < -0.3 is 14.8 Å². The quantitative estimate of drug-likeness (QED) is 0.762. The fourth-order valence-electron chi connectivity index (χ4n) is 1.99. The molecule has 1 aromatic rings. The number of aryl methyl sites for hydroxylation is 1. The van der Waals surface area contributed by atoms with Gasteiger partial charge in [0.05, 0.1) is 6.04 Å². The molecule has 0 saturated heterocycles. The highest BCUT2D eigenvalue weighted by molar-refractivity contribution is 7.11. The lowest BCUT2D eigenvalue weighted by molar-refractivity contribution is -0.120. The molecular weight excluding hydrogens is 234 g/mol. The zero-order valence-electron chi connectivity index (χ0n) is 11.3. The Morgan fingerprint density at radius 1 is 1.24 bits per heavy atom. The van der Waals surface area contributed by atoms with E-state index < -0.39 is 0 Å². The monoisotopic (exact) mass is 257 g/mol. The lowest BCUT2D eigenvalue weighted by atomic mass is 10.2. The Hall–Kier alpha value is -0.420. The molecule has 0 amide bonds. The second kappa shape index (κ2) is 7.11. The number of hydrogen-bond donors (Lipinski definition) is 1. The first-order chi connectivity index (χ1) is 8.06. The minimum atomic E-state index is -0.192. The first-order valence-corrected chi connectivity index (χ1v) is 6.75. The molecule has 0 spiro atoms. The molecule has 4 heteroatoms. The average Bonchev–Trinajstić information content (AvgIpc) is 2.65. The van der Waals surface area contributed by atoms with E-state index in [-0.39, 0.29) is 12.3 Å². The van der Waals surface area contributed by atoms with Crippen LogP contribution in [0.2, 0.25) is 0 Å². The molecule has 0 fully saturated rings. The third-order valence-electron chi connectivity index (χ3n) is 2.72. The first-order valence-electron chi connectivity index (χ1n) is 5.93. The molecular formula is C13H23NO2S. The first kappa shape index (κ1) is 14.6. The molecule has 1 rings (SSSR count). The molecule has 0 aromatic carbocycles. The van der Waals surface area contributed by atoms with Gasteiger partial charge in [-0.05, 0) is 39.3 Å². The molecule has 0 aliphatic carbocycles. The third-order valence-corrected chi connectivity index (χ3v) is 3.75. The number of methoxy groups -OCH3 is 2. The summed E-state index contributed by atoms with van der Waals surface area (Å²) in [4.78, 5) is 2.79. The van der Waals surface area contributed by atoms with Crippen molar-refractivity contribution in [3.63, 3.8) is 0 Å². The van der Waals surface area contributed by atoms with Gasteiger partial charge in [-0.2, -0.15) is 0 Å². The van der Waals surface area contributed by atoms with Crippen molar-refractivity contribution in [3.05, 3.63) is 21.9 Å². The van der Waals surface area contributed by atoms with Gasteiger partial charge in [-0.25, -0.2) is 0 Å². The minimum absolute atomic E-state index is 0.182. The van der Waals surface area contributed by atoms with Crippen LogP contribution in [-0.2, 0) is 15.9 Å². The number of hydrogen-bond acceptors (Lipinski definition) is 4. The zero-order chi connectivity index (χ0) is 12.8. The van der Waals surface area contributed by atoms with E-state index in [2.05, 4.69) is 38.2 Å². The molecule has 2 atom stereocenters. The van der Waals surface area contributed by atoms with E-state index in [0.29, 0.717) is 6.04 Å². The van der Waals surface area contributed by atoms with E-state index in [1.165, 1.54) is 9.75 Å². The fraction of sp³-hybridized carbons (Fsp3) is 0.692. The van der Waals surface area contributed by atoms with Crippen molar-refractivity contribution in [1.82, 2.24) is 5.32 Å². The van der Waals surface area contributed by atoms with E-state index in [9.17, 15) is 0 Å². The predicted octanol–water partition coefficient (Wildman–Crippen LogP) is 2.58. The zero-order valence-corrected chi connectivity index (χ0v) is 12.1. The van der Waals surface area contributed by atoms with Gasteiger partial charge in [0, 0.05) is 30.0 Å². The normalized spacial score (nSPS) is 15.2. The highest BCUT2D eigenvalue weighted by atomic mass is 32.1.